The predicted octanol–water partition coefficient (Wildman–Crippen LogP) is 2.82. The molecule has 1 aromatic rings. The van der Waals surface area contributed by atoms with E-state index >= 15 is 0 Å². The number of carbonyl (C=O) groups is 2. The lowest BCUT2D eigenvalue weighted by atomic mass is 10.0. The van der Waals surface area contributed by atoms with Gasteiger partial charge >= 0.3 is 5.97 Å². The van der Waals surface area contributed by atoms with Crippen molar-refractivity contribution in [3.63, 3.8) is 0 Å². The molecular formula is C18H25NO4. The number of rotatable bonds is 5. The van der Waals surface area contributed by atoms with Crippen LogP contribution in [0, 0.1) is 12.8 Å². The van der Waals surface area contributed by atoms with Crippen LogP contribution in [-0.2, 0) is 9.59 Å². The van der Waals surface area contributed by atoms with Gasteiger partial charge in [-0.05, 0) is 43.4 Å². The maximum Gasteiger partial charge on any atom is 0.308 e. The van der Waals surface area contributed by atoms with Crippen molar-refractivity contribution in [3.8, 4) is 5.75 Å². The normalized spacial score (nSPS) is 19.0. The lowest BCUT2D eigenvalue weighted by Crippen LogP contribution is -2.39. The number of hydrogen-bond donors (Lipinski definition) is 1. The summed E-state index contributed by atoms with van der Waals surface area (Å²) < 4.78 is 5.87. The summed E-state index contributed by atoms with van der Waals surface area (Å²) in [5.41, 5.74) is 2.15. The third kappa shape index (κ3) is 4.03. The Kier molecular flexibility index (Phi) is 5.29. The van der Waals surface area contributed by atoms with Gasteiger partial charge < -0.3 is 14.7 Å². The first-order chi connectivity index (χ1) is 10.8. The quantitative estimate of drug-likeness (QED) is 0.906. The van der Waals surface area contributed by atoms with Crippen molar-refractivity contribution in [3.05, 3.63) is 29.3 Å². The van der Waals surface area contributed by atoms with E-state index in [0.717, 1.165) is 11.1 Å². The number of aliphatic carboxylic acids is 1. The molecule has 2 rings (SSSR count). The Morgan fingerprint density at radius 1 is 1.30 bits per heavy atom. The highest BCUT2D eigenvalue weighted by atomic mass is 16.5. The molecule has 1 aromatic carbocycles. The van der Waals surface area contributed by atoms with E-state index in [-0.39, 0.29) is 12.5 Å². The van der Waals surface area contributed by atoms with E-state index in [4.69, 9.17) is 9.84 Å². The molecule has 0 aromatic heterocycles. The highest BCUT2D eigenvalue weighted by Crippen LogP contribution is 2.26. The van der Waals surface area contributed by atoms with Crippen molar-refractivity contribution in [1.82, 2.24) is 4.90 Å². The third-order valence-electron chi connectivity index (χ3n) is 4.38. The van der Waals surface area contributed by atoms with E-state index in [0.29, 0.717) is 24.6 Å². The average molecular weight is 319 g/mol. The first-order valence-corrected chi connectivity index (χ1v) is 8.08. The highest BCUT2D eigenvalue weighted by Gasteiger charge is 2.33. The number of carboxylic acids is 1. The molecule has 2 atom stereocenters. The summed E-state index contributed by atoms with van der Waals surface area (Å²) in [7, 11) is 0. The minimum atomic E-state index is -0.839. The average Bonchev–Trinajstić information content (AvgIpc) is 2.98. The van der Waals surface area contributed by atoms with Gasteiger partial charge in [0, 0.05) is 13.1 Å². The molecule has 0 saturated carbocycles. The number of ether oxygens (including phenoxy) is 1. The van der Waals surface area contributed by atoms with Crippen LogP contribution in [0.3, 0.4) is 0 Å². The third-order valence-corrected chi connectivity index (χ3v) is 4.38. The second-order valence-corrected chi connectivity index (χ2v) is 6.55. The van der Waals surface area contributed by atoms with Crippen LogP contribution in [0.2, 0.25) is 0 Å². The molecule has 1 fully saturated rings. The first kappa shape index (κ1) is 17.3. The lowest BCUT2D eigenvalue weighted by Gasteiger charge is -2.22. The fourth-order valence-corrected chi connectivity index (χ4v) is 2.76. The van der Waals surface area contributed by atoms with Crippen LogP contribution < -0.4 is 4.74 Å². The number of aryl methyl sites for hydroxylation is 1. The van der Waals surface area contributed by atoms with Crippen molar-refractivity contribution < 1.29 is 19.4 Å². The van der Waals surface area contributed by atoms with Crippen molar-refractivity contribution in [2.45, 2.75) is 46.1 Å². The number of nitrogens with zero attached hydrogens (tertiary/aromatic N) is 1. The molecule has 1 N–H and O–H groups in total. The van der Waals surface area contributed by atoms with Gasteiger partial charge in [-0.3, -0.25) is 9.59 Å². The maximum absolute atomic E-state index is 12.5. The topological polar surface area (TPSA) is 66.8 Å². The second-order valence-electron chi connectivity index (χ2n) is 6.55. The van der Waals surface area contributed by atoms with Crippen molar-refractivity contribution in [2.75, 3.05) is 13.1 Å². The Bertz CT molecular complexity index is 597. The minimum Gasteiger partial charge on any atom is -0.481 e. The first-order valence-electron chi connectivity index (χ1n) is 8.08. The van der Waals surface area contributed by atoms with Crippen LogP contribution in [0.15, 0.2) is 18.2 Å². The number of amides is 1. The van der Waals surface area contributed by atoms with Gasteiger partial charge in [0.2, 0.25) is 0 Å². The summed E-state index contributed by atoms with van der Waals surface area (Å²) in [4.78, 5) is 25.1. The summed E-state index contributed by atoms with van der Waals surface area (Å²) in [6.45, 7) is 8.64. The Morgan fingerprint density at radius 2 is 2.00 bits per heavy atom. The zero-order valence-corrected chi connectivity index (χ0v) is 14.2. The number of likely N-dealkylation sites (tertiary alicyclic amines) is 1. The fourth-order valence-electron chi connectivity index (χ4n) is 2.76. The molecule has 0 bridgehead atoms. The van der Waals surface area contributed by atoms with E-state index in [1.54, 1.807) is 11.8 Å². The van der Waals surface area contributed by atoms with Crippen LogP contribution in [-0.4, -0.2) is 41.1 Å². The molecule has 126 valence electrons. The molecule has 1 aliphatic rings. The summed E-state index contributed by atoms with van der Waals surface area (Å²) in [5.74, 6) is -0.348. The van der Waals surface area contributed by atoms with Gasteiger partial charge in [-0.1, -0.05) is 26.0 Å². The molecule has 0 spiro atoms. The Labute approximate surface area is 137 Å². The molecule has 0 radical (unpaired) electrons. The Morgan fingerprint density at radius 3 is 2.57 bits per heavy atom. The smallest absolute Gasteiger partial charge is 0.308 e. The zero-order chi connectivity index (χ0) is 17.1. The van der Waals surface area contributed by atoms with E-state index in [2.05, 4.69) is 19.9 Å². The number of benzene rings is 1. The lowest BCUT2D eigenvalue weighted by molar-refractivity contribution is -0.142. The Hall–Kier alpha value is -2.04. The van der Waals surface area contributed by atoms with Gasteiger partial charge in [0.1, 0.15) is 5.75 Å². The molecule has 1 heterocycles. The van der Waals surface area contributed by atoms with E-state index in [1.807, 2.05) is 19.1 Å². The van der Waals surface area contributed by atoms with Crippen LogP contribution in [0.4, 0.5) is 0 Å². The van der Waals surface area contributed by atoms with Crippen LogP contribution in [0.5, 0.6) is 5.75 Å². The summed E-state index contributed by atoms with van der Waals surface area (Å²) in [6, 6.07) is 6.04. The number of carbonyl (C=O) groups excluding carboxylic acids is 1. The minimum absolute atomic E-state index is 0.150. The molecule has 0 aliphatic carbocycles. The van der Waals surface area contributed by atoms with Crippen molar-refractivity contribution in [1.29, 1.82) is 0 Å². The fraction of sp³-hybridized carbons (Fsp3) is 0.556. The molecule has 1 saturated heterocycles. The van der Waals surface area contributed by atoms with Gasteiger partial charge in [-0.25, -0.2) is 0 Å². The van der Waals surface area contributed by atoms with E-state index < -0.39 is 18.0 Å². The molecule has 23 heavy (non-hydrogen) atoms. The Balaban J connectivity index is 2.04. The molecule has 2 unspecified atom stereocenters. The standard InChI is InChI=1S/C18H25NO4/c1-11(2)14-6-5-12(3)16(9-14)23-13(4)17(20)19-8-7-15(10-19)18(21)22/h5-6,9,11,13,15H,7-8,10H2,1-4H3,(H,21,22). The second kappa shape index (κ2) is 7.02. The van der Waals surface area contributed by atoms with Gasteiger partial charge in [0.05, 0.1) is 5.92 Å². The molecule has 1 amide bonds. The van der Waals surface area contributed by atoms with Crippen LogP contribution in [0.25, 0.3) is 0 Å². The summed E-state index contributed by atoms with van der Waals surface area (Å²) in [6.07, 6.45) is -0.112. The highest BCUT2D eigenvalue weighted by molar-refractivity contribution is 5.82. The largest absolute Gasteiger partial charge is 0.481 e. The zero-order valence-electron chi connectivity index (χ0n) is 14.2. The molecule has 1 aliphatic heterocycles. The monoisotopic (exact) mass is 319 g/mol. The predicted molar refractivity (Wildman–Crippen MR) is 87.7 cm³/mol. The van der Waals surface area contributed by atoms with Gasteiger partial charge in [-0.2, -0.15) is 0 Å². The van der Waals surface area contributed by atoms with Gasteiger partial charge in [-0.15, -0.1) is 0 Å². The molecule has 5 heteroatoms. The number of carboxylic acid groups (broad SMARTS) is 1. The molecular weight excluding hydrogens is 294 g/mol. The number of hydrogen-bond acceptors (Lipinski definition) is 3. The summed E-state index contributed by atoms with van der Waals surface area (Å²) >= 11 is 0. The van der Waals surface area contributed by atoms with E-state index in [1.165, 1.54) is 0 Å². The molecule has 5 nitrogen and oxygen atoms in total. The maximum atomic E-state index is 12.5. The van der Waals surface area contributed by atoms with Crippen LogP contribution >= 0.6 is 0 Å². The van der Waals surface area contributed by atoms with Gasteiger partial charge in [0.25, 0.3) is 5.91 Å². The van der Waals surface area contributed by atoms with Gasteiger partial charge in [0.15, 0.2) is 6.10 Å². The van der Waals surface area contributed by atoms with Crippen LogP contribution in [0.1, 0.15) is 44.2 Å². The SMILES string of the molecule is Cc1ccc(C(C)C)cc1OC(C)C(=O)N1CCC(C(=O)O)C1. The summed E-state index contributed by atoms with van der Waals surface area (Å²) in [5, 5.41) is 9.04. The van der Waals surface area contributed by atoms with Crippen molar-refractivity contribution >= 4 is 11.9 Å². The van der Waals surface area contributed by atoms with Crippen molar-refractivity contribution in [2.24, 2.45) is 5.92 Å². The van der Waals surface area contributed by atoms with E-state index in [9.17, 15) is 9.59 Å².